The minimum atomic E-state index is -0.793. The third-order valence-corrected chi connectivity index (χ3v) is 3.79. The van der Waals surface area contributed by atoms with Gasteiger partial charge >= 0.3 is 0 Å². The van der Waals surface area contributed by atoms with E-state index in [1.54, 1.807) is 24.3 Å². The van der Waals surface area contributed by atoms with Crippen molar-refractivity contribution < 1.29 is 10.2 Å². The van der Waals surface area contributed by atoms with Crippen molar-refractivity contribution in [2.75, 3.05) is 12.4 Å². The van der Waals surface area contributed by atoms with Crippen LogP contribution in [-0.4, -0.2) is 33.7 Å². The first-order valence-electron chi connectivity index (χ1n) is 5.56. The van der Waals surface area contributed by atoms with Gasteiger partial charge in [-0.1, -0.05) is 11.6 Å². The van der Waals surface area contributed by atoms with Crippen LogP contribution < -0.4 is 0 Å². The zero-order valence-electron chi connectivity index (χ0n) is 9.88. The molecule has 0 aliphatic carbocycles. The Hall–Kier alpha value is -1.32. The molecule has 19 heavy (non-hydrogen) atoms. The molecule has 4 nitrogen and oxygen atoms in total. The molecule has 1 atom stereocenters. The van der Waals surface area contributed by atoms with Gasteiger partial charge in [-0.15, -0.1) is 11.8 Å². The van der Waals surface area contributed by atoms with Crippen molar-refractivity contribution >= 4 is 34.3 Å². The third kappa shape index (κ3) is 3.37. The average molecular weight is 295 g/mol. The molecule has 1 unspecified atom stereocenters. The number of hydrogen-bond acceptors (Lipinski definition) is 5. The van der Waals surface area contributed by atoms with E-state index in [9.17, 15) is 5.11 Å². The van der Waals surface area contributed by atoms with E-state index in [1.165, 1.54) is 11.8 Å². The number of hydrogen-bond donors (Lipinski definition) is 2. The van der Waals surface area contributed by atoms with Crippen LogP contribution in [0.15, 0.2) is 29.3 Å². The van der Waals surface area contributed by atoms with Gasteiger partial charge in [-0.3, -0.25) is 0 Å². The number of halogens is 1. The molecule has 2 aromatic rings. The van der Waals surface area contributed by atoms with Crippen molar-refractivity contribution in [3.63, 3.8) is 0 Å². The number of benzene rings is 1. The predicted octanol–water partition coefficient (Wildman–Crippen LogP) is 2.21. The first-order valence-corrected chi connectivity index (χ1v) is 6.92. The number of aliphatic hydroxyl groups excluding tert-OH is 2. The highest BCUT2D eigenvalue weighted by Crippen LogP contribution is 2.26. The van der Waals surface area contributed by atoms with E-state index in [0.717, 1.165) is 0 Å². The molecule has 0 bridgehead atoms. The topological polar surface area (TPSA) is 77.1 Å². The van der Waals surface area contributed by atoms with Crippen LogP contribution >= 0.6 is 23.4 Å². The fraction of sp³-hybridized carbons (Fsp3) is 0.231. The van der Waals surface area contributed by atoms with Crippen molar-refractivity contribution in [1.29, 1.82) is 5.26 Å². The van der Waals surface area contributed by atoms with Crippen molar-refractivity contribution in [2.24, 2.45) is 0 Å². The maximum absolute atomic E-state index is 9.31. The zero-order chi connectivity index (χ0) is 13.8. The number of pyridine rings is 1. The minimum absolute atomic E-state index is 0.290. The van der Waals surface area contributed by atoms with Gasteiger partial charge in [0.1, 0.15) is 0 Å². The second kappa shape index (κ2) is 6.22. The summed E-state index contributed by atoms with van der Waals surface area (Å²) in [5.74, 6) is 0.327. The largest absolute Gasteiger partial charge is 0.394 e. The monoisotopic (exact) mass is 294 g/mol. The molecule has 0 fully saturated rings. The summed E-state index contributed by atoms with van der Waals surface area (Å²) in [5, 5.41) is 29.1. The maximum atomic E-state index is 9.31. The first-order chi connectivity index (χ1) is 9.13. The summed E-state index contributed by atoms with van der Waals surface area (Å²) < 4.78 is 0. The summed E-state index contributed by atoms with van der Waals surface area (Å²) >= 11 is 7.20. The minimum Gasteiger partial charge on any atom is -0.394 e. The summed E-state index contributed by atoms with van der Waals surface area (Å²) in [6, 6.07) is 8.96. The molecule has 0 amide bonds. The molecular weight excluding hydrogens is 284 g/mol. The van der Waals surface area contributed by atoms with Gasteiger partial charge in [-0.2, -0.15) is 5.26 Å². The fourth-order valence-corrected chi connectivity index (χ4v) is 2.58. The summed E-state index contributed by atoms with van der Waals surface area (Å²) in [7, 11) is 0. The molecule has 6 heteroatoms. The van der Waals surface area contributed by atoms with Gasteiger partial charge < -0.3 is 10.2 Å². The van der Waals surface area contributed by atoms with Crippen molar-refractivity contribution in [2.45, 2.75) is 11.1 Å². The van der Waals surface area contributed by atoms with E-state index in [4.69, 9.17) is 22.0 Å². The van der Waals surface area contributed by atoms with Crippen LogP contribution in [0.25, 0.3) is 10.9 Å². The lowest BCUT2D eigenvalue weighted by atomic mass is 10.1. The van der Waals surface area contributed by atoms with E-state index >= 15 is 0 Å². The fourth-order valence-electron chi connectivity index (χ4n) is 1.57. The van der Waals surface area contributed by atoms with E-state index < -0.39 is 6.10 Å². The van der Waals surface area contributed by atoms with Gasteiger partial charge in [0.05, 0.1) is 34.9 Å². The maximum Gasteiger partial charge on any atom is 0.0999 e. The highest BCUT2D eigenvalue weighted by atomic mass is 35.5. The Bertz CT molecular complexity index is 642. The quantitative estimate of drug-likeness (QED) is 0.845. The standard InChI is InChI=1S/C13H11ClN2O2S/c14-9-1-2-12-11(4-9)8(5-15)3-13(16-12)19-7-10(18)6-17/h1-4,10,17-18H,6-7H2. The average Bonchev–Trinajstić information content (AvgIpc) is 2.43. The number of nitriles is 1. The Balaban J connectivity index is 2.37. The van der Waals surface area contributed by atoms with Crippen LogP contribution in [0.1, 0.15) is 5.56 Å². The molecule has 0 spiro atoms. The second-order valence-electron chi connectivity index (χ2n) is 3.93. The Kier molecular flexibility index (Phi) is 4.61. The number of aliphatic hydroxyl groups is 2. The summed E-state index contributed by atoms with van der Waals surface area (Å²) in [6.07, 6.45) is -0.793. The molecule has 98 valence electrons. The molecule has 0 saturated carbocycles. The Morgan fingerprint density at radius 1 is 1.42 bits per heavy atom. The predicted molar refractivity (Wildman–Crippen MR) is 75.3 cm³/mol. The molecule has 2 rings (SSSR count). The molecule has 0 aliphatic heterocycles. The highest BCUT2D eigenvalue weighted by Gasteiger charge is 2.09. The zero-order valence-corrected chi connectivity index (χ0v) is 11.4. The van der Waals surface area contributed by atoms with E-state index in [-0.39, 0.29) is 6.61 Å². The molecule has 1 aromatic carbocycles. The van der Waals surface area contributed by atoms with E-state index in [0.29, 0.717) is 32.3 Å². The van der Waals surface area contributed by atoms with Crippen molar-refractivity contribution in [3.05, 3.63) is 34.9 Å². The van der Waals surface area contributed by atoms with Crippen LogP contribution in [0.3, 0.4) is 0 Å². The summed E-state index contributed by atoms with van der Waals surface area (Å²) in [6.45, 7) is -0.290. The SMILES string of the molecule is N#Cc1cc(SCC(O)CO)nc2ccc(Cl)cc12. The molecule has 1 heterocycles. The van der Waals surface area contributed by atoms with Crippen LogP contribution in [0.4, 0.5) is 0 Å². The van der Waals surface area contributed by atoms with Gasteiger partial charge in [0.2, 0.25) is 0 Å². The highest BCUT2D eigenvalue weighted by molar-refractivity contribution is 7.99. The molecule has 1 aromatic heterocycles. The van der Waals surface area contributed by atoms with Crippen LogP contribution in [0.2, 0.25) is 5.02 Å². The number of rotatable bonds is 4. The lowest BCUT2D eigenvalue weighted by Crippen LogP contribution is -2.14. The van der Waals surface area contributed by atoms with Crippen LogP contribution in [0.5, 0.6) is 0 Å². The number of fused-ring (bicyclic) bond motifs is 1. The third-order valence-electron chi connectivity index (χ3n) is 2.50. The van der Waals surface area contributed by atoms with Crippen LogP contribution in [0, 0.1) is 11.3 Å². The smallest absolute Gasteiger partial charge is 0.0999 e. The number of aromatic nitrogens is 1. The van der Waals surface area contributed by atoms with Gasteiger partial charge in [-0.05, 0) is 24.3 Å². The van der Waals surface area contributed by atoms with Crippen molar-refractivity contribution in [3.8, 4) is 6.07 Å². The van der Waals surface area contributed by atoms with E-state index in [2.05, 4.69) is 11.1 Å². The Morgan fingerprint density at radius 2 is 2.21 bits per heavy atom. The lowest BCUT2D eigenvalue weighted by molar-refractivity contribution is 0.113. The molecule has 0 radical (unpaired) electrons. The number of thioether (sulfide) groups is 1. The Morgan fingerprint density at radius 3 is 2.89 bits per heavy atom. The normalized spacial score (nSPS) is 12.3. The Labute approximate surface area is 119 Å². The molecule has 0 aliphatic rings. The van der Waals surface area contributed by atoms with Gasteiger partial charge in [0.15, 0.2) is 0 Å². The lowest BCUT2D eigenvalue weighted by Gasteiger charge is -2.08. The summed E-state index contributed by atoms with van der Waals surface area (Å²) in [4.78, 5) is 4.39. The summed E-state index contributed by atoms with van der Waals surface area (Å²) in [5.41, 5.74) is 1.18. The molecule has 2 N–H and O–H groups in total. The molecular formula is C13H11ClN2O2S. The van der Waals surface area contributed by atoms with Crippen molar-refractivity contribution in [1.82, 2.24) is 4.98 Å². The van der Waals surface area contributed by atoms with E-state index in [1.807, 2.05) is 0 Å². The molecule has 0 saturated heterocycles. The number of nitrogens with zero attached hydrogens (tertiary/aromatic N) is 2. The van der Waals surface area contributed by atoms with Gasteiger partial charge in [0, 0.05) is 16.2 Å². The van der Waals surface area contributed by atoms with Gasteiger partial charge in [0.25, 0.3) is 0 Å². The second-order valence-corrected chi connectivity index (χ2v) is 5.41. The van der Waals surface area contributed by atoms with Crippen LogP contribution in [-0.2, 0) is 0 Å². The van der Waals surface area contributed by atoms with Gasteiger partial charge in [-0.25, -0.2) is 4.98 Å². The first kappa shape index (κ1) is 14.1.